The van der Waals surface area contributed by atoms with Gasteiger partial charge in [0, 0.05) is 17.8 Å². The van der Waals surface area contributed by atoms with Gasteiger partial charge in [-0.1, -0.05) is 13.8 Å². The molecule has 2 rings (SSSR count). The van der Waals surface area contributed by atoms with Gasteiger partial charge in [-0.15, -0.1) is 11.3 Å². The Hall–Kier alpha value is -1.43. The number of esters is 1. The lowest BCUT2D eigenvalue weighted by Crippen LogP contribution is -2.36. The summed E-state index contributed by atoms with van der Waals surface area (Å²) in [4.78, 5) is 30.5. The topological polar surface area (TPSA) is 59.5 Å². The van der Waals surface area contributed by atoms with Crippen LogP contribution in [0.25, 0.3) is 0 Å². The molecule has 1 aromatic heterocycles. The molecule has 21 heavy (non-hydrogen) atoms. The normalized spacial score (nSPS) is 15.8. The van der Waals surface area contributed by atoms with Crippen LogP contribution in [0.4, 0.5) is 0 Å². The average molecular weight is 310 g/mol. The van der Waals surface area contributed by atoms with E-state index in [1.165, 1.54) is 18.4 Å². The standard InChI is InChI=1S/C15H22N2O3S/c1-10(2)13(15(19)20-3)6-14(18)17(12-4-5-12)7-11-8-21-9-16-11/h8-10,12-13H,4-7H2,1-3H3/t13-/m0/s1. The van der Waals surface area contributed by atoms with Crippen LogP contribution in [-0.2, 0) is 20.9 Å². The van der Waals surface area contributed by atoms with Crippen LogP contribution in [0.15, 0.2) is 10.9 Å². The summed E-state index contributed by atoms with van der Waals surface area (Å²) in [6.07, 6.45) is 2.30. The van der Waals surface area contributed by atoms with Crippen LogP contribution in [0.2, 0.25) is 0 Å². The van der Waals surface area contributed by atoms with Crippen LogP contribution in [-0.4, -0.2) is 34.9 Å². The van der Waals surface area contributed by atoms with Gasteiger partial charge in [-0.3, -0.25) is 9.59 Å². The SMILES string of the molecule is COC(=O)[C@@H](CC(=O)N(Cc1cscn1)C1CC1)C(C)C. The number of methoxy groups -OCH3 is 1. The largest absolute Gasteiger partial charge is 0.469 e. The highest BCUT2D eigenvalue weighted by Gasteiger charge is 2.35. The number of hydrogen-bond donors (Lipinski definition) is 0. The fourth-order valence-corrected chi connectivity index (χ4v) is 2.89. The van der Waals surface area contributed by atoms with E-state index < -0.39 is 0 Å². The molecule has 1 aliphatic carbocycles. The van der Waals surface area contributed by atoms with E-state index in [0.29, 0.717) is 12.6 Å². The summed E-state index contributed by atoms with van der Waals surface area (Å²) in [7, 11) is 1.37. The molecule has 1 saturated carbocycles. The first kappa shape index (κ1) is 15.9. The quantitative estimate of drug-likeness (QED) is 0.726. The second kappa shape index (κ2) is 7.02. The number of rotatable bonds is 7. The Morgan fingerprint density at radius 1 is 1.48 bits per heavy atom. The molecule has 0 bridgehead atoms. The predicted octanol–water partition coefficient (Wildman–Crippen LogP) is 2.47. The van der Waals surface area contributed by atoms with Gasteiger partial charge in [-0.2, -0.15) is 0 Å². The summed E-state index contributed by atoms with van der Waals surface area (Å²) < 4.78 is 4.82. The van der Waals surface area contributed by atoms with Gasteiger partial charge in [-0.25, -0.2) is 4.98 Å². The van der Waals surface area contributed by atoms with E-state index in [9.17, 15) is 9.59 Å². The number of thiazole rings is 1. The second-order valence-corrected chi connectivity index (χ2v) is 6.53. The van der Waals surface area contributed by atoms with Gasteiger partial charge in [0.2, 0.25) is 5.91 Å². The summed E-state index contributed by atoms with van der Waals surface area (Å²) in [6, 6.07) is 0.310. The fraction of sp³-hybridized carbons (Fsp3) is 0.667. The van der Waals surface area contributed by atoms with Crippen molar-refractivity contribution in [1.29, 1.82) is 0 Å². The second-order valence-electron chi connectivity index (χ2n) is 5.81. The predicted molar refractivity (Wildman–Crippen MR) is 80.6 cm³/mol. The van der Waals surface area contributed by atoms with Crippen molar-refractivity contribution in [3.8, 4) is 0 Å². The van der Waals surface area contributed by atoms with Crippen LogP contribution in [0.3, 0.4) is 0 Å². The molecule has 1 heterocycles. The minimum Gasteiger partial charge on any atom is -0.469 e. The number of ether oxygens (including phenoxy) is 1. The molecule has 1 fully saturated rings. The number of carbonyl (C=O) groups is 2. The molecule has 0 N–H and O–H groups in total. The summed E-state index contributed by atoms with van der Waals surface area (Å²) in [5.41, 5.74) is 2.69. The Kier molecular flexibility index (Phi) is 5.33. The van der Waals surface area contributed by atoms with Crippen molar-refractivity contribution in [3.05, 3.63) is 16.6 Å². The van der Waals surface area contributed by atoms with Crippen molar-refractivity contribution >= 4 is 23.2 Å². The van der Waals surface area contributed by atoms with Crippen molar-refractivity contribution in [2.75, 3.05) is 7.11 Å². The van der Waals surface area contributed by atoms with E-state index in [1.807, 2.05) is 24.1 Å². The first-order valence-corrected chi connectivity index (χ1v) is 8.21. The lowest BCUT2D eigenvalue weighted by Gasteiger charge is -2.25. The van der Waals surface area contributed by atoms with Crippen molar-refractivity contribution in [2.24, 2.45) is 11.8 Å². The molecule has 1 amide bonds. The molecule has 5 nitrogen and oxygen atoms in total. The number of amides is 1. The zero-order chi connectivity index (χ0) is 15.4. The van der Waals surface area contributed by atoms with Crippen molar-refractivity contribution < 1.29 is 14.3 Å². The van der Waals surface area contributed by atoms with E-state index in [-0.39, 0.29) is 30.1 Å². The maximum Gasteiger partial charge on any atom is 0.309 e. The van der Waals surface area contributed by atoms with Gasteiger partial charge in [0.1, 0.15) is 0 Å². The zero-order valence-electron chi connectivity index (χ0n) is 12.7. The molecule has 0 radical (unpaired) electrons. The fourth-order valence-electron chi connectivity index (χ4n) is 2.35. The minimum absolute atomic E-state index is 0.0228. The van der Waals surface area contributed by atoms with Crippen molar-refractivity contribution in [3.63, 3.8) is 0 Å². The number of carbonyl (C=O) groups excluding carboxylic acids is 2. The van der Waals surface area contributed by atoms with Gasteiger partial charge >= 0.3 is 5.97 Å². The smallest absolute Gasteiger partial charge is 0.309 e. The van der Waals surface area contributed by atoms with Gasteiger partial charge in [-0.05, 0) is 18.8 Å². The molecular weight excluding hydrogens is 288 g/mol. The molecule has 0 saturated heterocycles. The third kappa shape index (κ3) is 4.27. The molecule has 6 heteroatoms. The van der Waals surface area contributed by atoms with Crippen LogP contribution in [0, 0.1) is 11.8 Å². The van der Waals surface area contributed by atoms with E-state index in [0.717, 1.165) is 18.5 Å². The lowest BCUT2D eigenvalue weighted by atomic mass is 9.92. The Bertz CT molecular complexity index is 483. The Balaban J connectivity index is 2.02. The molecule has 1 aromatic rings. The molecule has 116 valence electrons. The lowest BCUT2D eigenvalue weighted by molar-refractivity contribution is -0.151. The summed E-state index contributed by atoms with van der Waals surface area (Å²) in [6.45, 7) is 4.42. The van der Waals surface area contributed by atoms with Crippen LogP contribution in [0.1, 0.15) is 38.8 Å². The molecule has 1 atom stereocenters. The number of hydrogen-bond acceptors (Lipinski definition) is 5. The number of nitrogens with zero attached hydrogens (tertiary/aromatic N) is 2. The third-order valence-electron chi connectivity index (χ3n) is 3.83. The average Bonchev–Trinajstić information content (AvgIpc) is 3.17. The third-order valence-corrected chi connectivity index (χ3v) is 4.46. The molecule has 0 aromatic carbocycles. The Morgan fingerprint density at radius 3 is 2.67 bits per heavy atom. The minimum atomic E-state index is -0.376. The van der Waals surface area contributed by atoms with Crippen molar-refractivity contribution in [2.45, 2.75) is 45.7 Å². The Labute approximate surface area is 129 Å². The highest BCUT2D eigenvalue weighted by atomic mass is 32.1. The van der Waals surface area contributed by atoms with E-state index in [1.54, 1.807) is 5.51 Å². The number of aromatic nitrogens is 1. The first-order valence-electron chi connectivity index (χ1n) is 7.27. The monoisotopic (exact) mass is 310 g/mol. The highest BCUT2D eigenvalue weighted by molar-refractivity contribution is 7.07. The summed E-state index contributed by atoms with van der Waals surface area (Å²) in [5, 5.41) is 1.96. The molecule has 0 aliphatic heterocycles. The molecule has 0 spiro atoms. The van der Waals surface area contributed by atoms with E-state index in [4.69, 9.17) is 4.74 Å². The maximum absolute atomic E-state index is 12.6. The van der Waals surface area contributed by atoms with Crippen LogP contribution in [0.5, 0.6) is 0 Å². The molecule has 1 aliphatic rings. The van der Waals surface area contributed by atoms with E-state index in [2.05, 4.69) is 4.98 Å². The first-order chi connectivity index (χ1) is 10.0. The van der Waals surface area contributed by atoms with Crippen LogP contribution < -0.4 is 0 Å². The van der Waals surface area contributed by atoms with Gasteiger partial charge in [0.25, 0.3) is 0 Å². The zero-order valence-corrected chi connectivity index (χ0v) is 13.6. The molecule has 0 unspecified atom stereocenters. The van der Waals surface area contributed by atoms with Gasteiger partial charge < -0.3 is 9.64 Å². The summed E-state index contributed by atoms with van der Waals surface area (Å²) >= 11 is 1.53. The van der Waals surface area contributed by atoms with Gasteiger partial charge in [0.15, 0.2) is 0 Å². The van der Waals surface area contributed by atoms with Crippen LogP contribution >= 0.6 is 11.3 Å². The summed E-state index contributed by atoms with van der Waals surface area (Å²) in [5.74, 6) is -0.571. The molecular formula is C15H22N2O3S. The maximum atomic E-state index is 12.6. The Morgan fingerprint density at radius 2 is 2.19 bits per heavy atom. The highest BCUT2D eigenvalue weighted by Crippen LogP contribution is 2.30. The van der Waals surface area contributed by atoms with Crippen molar-refractivity contribution in [1.82, 2.24) is 9.88 Å². The van der Waals surface area contributed by atoms with Gasteiger partial charge in [0.05, 0.1) is 30.8 Å². The van der Waals surface area contributed by atoms with E-state index >= 15 is 0 Å².